The molecule has 1 aromatic carbocycles. The lowest BCUT2D eigenvalue weighted by Gasteiger charge is -2.07. The summed E-state index contributed by atoms with van der Waals surface area (Å²) >= 11 is 0. The van der Waals surface area contributed by atoms with Gasteiger partial charge in [0.2, 0.25) is 5.91 Å². The maximum atomic E-state index is 12.2. The molecule has 1 aliphatic heterocycles. The Morgan fingerprint density at radius 3 is 2.43 bits per heavy atom. The lowest BCUT2D eigenvalue weighted by atomic mass is 10.1. The van der Waals surface area contributed by atoms with Crippen molar-refractivity contribution in [3.05, 3.63) is 41.7 Å². The molecule has 1 saturated heterocycles. The predicted molar refractivity (Wildman–Crippen MR) is 86.8 cm³/mol. The van der Waals surface area contributed by atoms with Crippen LogP contribution in [0.3, 0.4) is 0 Å². The lowest BCUT2D eigenvalue weighted by molar-refractivity contribution is -0.122. The van der Waals surface area contributed by atoms with Crippen molar-refractivity contribution in [2.45, 2.75) is 13.3 Å². The highest BCUT2D eigenvalue weighted by molar-refractivity contribution is 6.14. The summed E-state index contributed by atoms with van der Waals surface area (Å²) in [6, 6.07) is 7.13. The molecular formula is C17H17N3O3. The highest BCUT2D eigenvalue weighted by Crippen LogP contribution is 2.27. The van der Waals surface area contributed by atoms with Crippen molar-refractivity contribution in [1.29, 1.82) is 0 Å². The molecule has 6 heteroatoms. The van der Waals surface area contributed by atoms with Crippen LogP contribution < -0.4 is 0 Å². The van der Waals surface area contributed by atoms with Gasteiger partial charge >= 0.3 is 6.03 Å². The lowest BCUT2D eigenvalue weighted by Crippen LogP contribution is -2.27. The molecule has 6 nitrogen and oxygen atoms in total. The van der Waals surface area contributed by atoms with E-state index in [1.165, 1.54) is 11.9 Å². The van der Waals surface area contributed by atoms with Crippen molar-refractivity contribution < 1.29 is 14.4 Å². The number of imide groups is 1. The normalized spacial score (nSPS) is 16.9. The second-order valence-corrected chi connectivity index (χ2v) is 5.45. The summed E-state index contributed by atoms with van der Waals surface area (Å²) in [6.07, 6.45) is 3.76. The van der Waals surface area contributed by atoms with Crippen molar-refractivity contribution in [3.8, 4) is 0 Å². The van der Waals surface area contributed by atoms with Gasteiger partial charge in [-0.25, -0.2) is 4.79 Å². The maximum Gasteiger partial charge on any atom is 0.331 e. The average Bonchev–Trinajstić information content (AvgIpc) is 3.02. The second kappa shape index (κ2) is 5.39. The maximum absolute atomic E-state index is 12.2. The molecule has 0 spiro atoms. The number of carbonyl (C=O) groups is 3. The smallest absolute Gasteiger partial charge is 0.292 e. The molecule has 0 radical (unpaired) electrons. The van der Waals surface area contributed by atoms with Gasteiger partial charge in [0.1, 0.15) is 5.70 Å². The van der Waals surface area contributed by atoms with E-state index in [0.717, 1.165) is 21.4 Å². The number of amides is 3. The van der Waals surface area contributed by atoms with Crippen LogP contribution in [0.25, 0.3) is 17.0 Å². The fourth-order valence-electron chi connectivity index (χ4n) is 2.73. The van der Waals surface area contributed by atoms with Gasteiger partial charge in [0, 0.05) is 37.7 Å². The standard InChI is InChI=1S/C17H17N3O3/c1-4-15(21)20-10-11(12-7-5-6-8-13(12)20)9-14-16(22)19(3)17(23)18(14)2/h5-10H,4H2,1-3H3/b14-9+. The number of fused-ring (bicyclic) bond motifs is 1. The number of carbonyl (C=O) groups excluding carboxylic acids is 3. The Kier molecular flexibility index (Phi) is 3.52. The summed E-state index contributed by atoms with van der Waals surface area (Å²) in [7, 11) is 3.01. The molecule has 0 unspecified atom stereocenters. The van der Waals surface area contributed by atoms with E-state index in [2.05, 4.69) is 0 Å². The summed E-state index contributed by atoms with van der Waals surface area (Å²) in [6.45, 7) is 1.80. The van der Waals surface area contributed by atoms with E-state index in [1.807, 2.05) is 24.3 Å². The summed E-state index contributed by atoms with van der Waals surface area (Å²) in [5, 5.41) is 0.866. The van der Waals surface area contributed by atoms with Gasteiger partial charge in [-0.05, 0) is 12.1 Å². The fraction of sp³-hybridized carbons (Fsp3) is 0.235. The first-order valence-corrected chi connectivity index (χ1v) is 7.36. The quantitative estimate of drug-likeness (QED) is 0.632. The van der Waals surface area contributed by atoms with Crippen LogP contribution in [-0.4, -0.2) is 46.3 Å². The molecule has 23 heavy (non-hydrogen) atoms. The number of benzene rings is 1. The molecule has 0 saturated carbocycles. The van der Waals surface area contributed by atoms with Crippen molar-refractivity contribution in [3.63, 3.8) is 0 Å². The molecule has 0 atom stereocenters. The van der Waals surface area contributed by atoms with Crippen molar-refractivity contribution in [2.24, 2.45) is 0 Å². The van der Waals surface area contributed by atoms with Gasteiger partial charge in [0.05, 0.1) is 5.52 Å². The molecule has 0 N–H and O–H groups in total. The van der Waals surface area contributed by atoms with Crippen molar-refractivity contribution in [1.82, 2.24) is 14.4 Å². The summed E-state index contributed by atoms with van der Waals surface area (Å²) < 4.78 is 1.59. The Morgan fingerprint density at radius 2 is 1.83 bits per heavy atom. The minimum atomic E-state index is -0.366. The number of rotatable bonds is 2. The molecule has 3 rings (SSSR count). The fourth-order valence-corrected chi connectivity index (χ4v) is 2.73. The van der Waals surface area contributed by atoms with E-state index in [0.29, 0.717) is 12.1 Å². The summed E-state index contributed by atoms with van der Waals surface area (Å²) in [5.74, 6) is -0.374. The molecule has 0 aliphatic carbocycles. The van der Waals surface area contributed by atoms with E-state index in [1.54, 1.807) is 30.8 Å². The first-order valence-electron chi connectivity index (χ1n) is 7.36. The number of aromatic nitrogens is 1. The second-order valence-electron chi connectivity index (χ2n) is 5.45. The zero-order chi connectivity index (χ0) is 16.7. The summed E-state index contributed by atoms with van der Waals surface area (Å²) in [4.78, 5) is 38.6. The van der Waals surface area contributed by atoms with E-state index in [4.69, 9.17) is 0 Å². The van der Waals surface area contributed by atoms with Crippen LogP contribution in [0, 0.1) is 0 Å². The van der Waals surface area contributed by atoms with E-state index in [-0.39, 0.29) is 17.8 Å². The van der Waals surface area contributed by atoms with Gasteiger partial charge in [0.15, 0.2) is 0 Å². The first-order chi connectivity index (χ1) is 11.0. The van der Waals surface area contributed by atoms with Crippen LogP contribution in [0.4, 0.5) is 4.79 Å². The van der Waals surface area contributed by atoms with E-state index in [9.17, 15) is 14.4 Å². The monoisotopic (exact) mass is 311 g/mol. The van der Waals surface area contributed by atoms with Gasteiger partial charge in [0.25, 0.3) is 5.91 Å². The zero-order valence-corrected chi connectivity index (χ0v) is 13.2. The van der Waals surface area contributed by atoms with Gasteiger partial charge < -0.3 is 0 Å². The van der Waals surface area contributed by atoms with Crippen LogP contribution in [0.15, 0.2) is 36.2 Å². The van der Waals surface area contributed by atoms with Crippen molar-refractivity contribution in [2.75, 3.05) is 14.1 Å². The third-order valence-electron chi connectivity index (χ3n) is 4.07. The molecule has 3 amide bonds. The number of likely N-dealkylation sites (N-methyl/N-ethyl adjacent to an activating group) is 2. The SMILES string of the molecule is CCC(=O)n1cc(/C=C2\C(=O)N(C)C(=O)N2C)c2ccccc21. The summed E-state index contributed by atoms with van der Waals surface area (Å²) in [5.41, 5.74) is 1.82. The number of hydrogen-bond acceptors (Lipinski definition) is 3. The largest absolute Gasteiger partial charge is 0.331 e. The van der Waals surface area contributed by atoms with Crippen LogP contribution in [0.1, 0.15) is 23.7 Å². The predicted octanol–water partition coefficient (Wildman–Crippen LogP) is 2.56. The minimum absolute atomic E-state index is 0.0230. The molecular weight excluding hydrogens is 294 g/mol. The van der Waals surface area contributed by atoms with Gasteiger partial charge in [-0.15, -0.1) is 0 Å². The highest BCUT2D eigenvalue weighted by atomic mass is 16.2. The Bertz CT molecular complexity index is 863. The number of urea groups is 1. The first kappa shape index (κ1) is 15.0. The van der Waals surface area contributed by atoms with Gasteiger partial charge in [-0.3, -0.25) is 24.0 Å². The van der Waals surface area contributed by atoms with Gasteiger partial charge in [-0.2, -0.15) is 0 Å². The molecule has 1 fully saturated rings. The molecule has 2 aromatic rings. The van der Waals surface area contributed by atoms with E-state index < -0.39 is 0 Å². The van der Waals surface area contributed by atoms with Crippen LogP contribution in [0.2, 0.25) is 0 Å². The average molecular weight is 311 g/mol. The minimum Gasteiger partial charge on any atom is -0.292 e. The van der Waals surface area contributed by atoms with Crippen LogP contribution in [0.5, 0.6) is 0 Å². The molecule has 1 aromatic heterocycles. The Hall–Kier alpha value is -2.89. The Morgan fingerprint density at radius 1 is 1.13 bits per heavy atom. The van der Waals surface area contributed by atoms with Crippen LogP contribution >= 0.6 is 0 Å². The van der Waals surface area contributed by atoms with Crippen molar-refractivity contribution >= 4 is 34.8 Å². The number of nitrogens with zero attached hydrogens (tertiary/aromatic N) is 3. The Labute approximate surface area is 133 Å². The molecule has 1 aliphatic rings. The third kappa shape index (κ3) is 2.23. The van der Waals surface area contributed by atoms with Gasteiger partial charge in [-0.1, -0.05) is 25.1 Å². The molecule has 118 valence electrons. The molecule has 2 heterocycles. The number of para-hydroxylation sites is 1. The Balaban J connectivity index is 2.18. The molecule has 0 bridgehead atoms. The van der Waals surface area contributed by atoms with E-state index >= 15 is 0 Å². The topological polar surface area (TPSA) is 62.6 Å². The highest BCUT2D eigenvalue weighted by Gasteiger charge is 2.36. The third-order valence-corrected chi connectivity index (χ3v) is 4.07. The number of hydrogen-bond donors (Lipinski definition) is 0. The zero-order valence-electron chi connectivity index (χ0n) is 13.2. The van der Waals surface area contributed by atoms with Crippen LogP contribution in [-0.2, 0) is 4.79 Å².